The first-order chi connectivity index (χ1) is 21.8. The largest absolute Gasteiger partial charge is 0.479 e. The lowest BCUT2D eigenvalue weighted by Gasteiger charge is -2.27. The third kappa shape index (κ3) is 8.17. The van der Waals surface area contributed by atoms with Crippen LogP contribution in [0.1, 0.15) is 39.5 Å². The molecule has 4 rings (SSSR count). The number of nitrogens with zero attached hydrogens (tertiary/aromatic N) is 4. The number of nitrogen functional groups attached to an aromatic ring is 1. The fraction of sp³-hybridized carbons (Fsp3) is 0.536. The average molecular weight is 667 g/mol. The SMILES string of the molecule is CCOC(=O)[C@H](Cc1ccccc1)NP(=O)(OCC(=O)OC(C)C)OC[C@H]1O[C@@H](n2cnc3c(OC)nc(N)nc32)[C@](C)(O)[C@@H]1O. The van der Waals surface area contributed by atoms with Crippen LogP contribution in [0.25, 0.3) is 11.2 Å². The number of esters is 2. The van der Waals surface area contributed by atoms with Gasteiger partial charge in [-0.1, -0.05) is 30.3 Å². The van der Waals surface area contributed by atoms with Crippen LogP contribution in [-0.4, -0.2) is 98.6 Å². The van der Waals surface area contributed by atoms with Gasteiger partial charge in [0, 0.05) is 0 Å². The van der Waals surface area contributed by atoms with Crippen molar-refractivity contribution in [2.45, 2.75) is 70.3 Å². The van der Waals surface area contributed by atoms with Crippen molar-refractivity contribution in [1.29, 1.82) is 0 Å². The molecule has 0 radical (unpaired) electrons. The molecular weight excluding hydrogens is 627 g/mol. The summed E-state index contributed by atoms with van der Waals surface area (Å²) < 4.78 is 48.0. The number of hydrogen-bond donors (Lipinski definition) is 4. The Morgan fingerprint density at radius 1 is 1.22 bits per heavy atom. The maximum Gasteiger partial charge on any atom is 0.406 e. The smallest absolute Gasteiger partial charge is 0.406 e. The Kier molecular flexibility index (Phi) is 11.3. The Morgan fingerprint density at radius 2 is 1.93 bits per heavy atom. The van der Waals surface area contributed by atoms with Gasteiger partial charge in [0.05, 0.1) is 32.8 Å². The summed E-state index contributed by atoms with van der Waals surface area (Å²) in [6.45, 7) is 4.83. The number of nitrogens with two attached hydrogens (primary N) is 1. The molecule has 0 spiro atoms. The summed E-state index contributed by atoms with van der Waals surface area (Å²) in [5.74, 6) is -1.62. The summed E-state index contributed by atoms with van der Waals surface area (Å²) in [6.07, 6.45) is -3.31. The number of methoxy groups -OCH3 is 1. The molecule has 0 aliphatic carbocycles. The number of hydrogen-bond acceptors (Lipinski definition) is 15. The second-order valence-electron chi connectivity index (χ2n) is 10.8. The number of benzene rings is 1. The molecule has 3 aromatic rings. The van der Waals surface area contributed by atoms with Crippen molar-refractivity contribution in [1.82, 2.24) is 24.6 Å². The predicted molar refractivity (Wildman–Crippen MR) is 161 cm³/mol. The average Bonchev–Trinajstić information content (AvgIpc) is 3.51. The highest BCUT2D eigenvalue weighted by atomic mass is 31.2. The summed E-state index contributed by atoms with van der Waals surface area (Å²) in [5.41, 5.74) is 4.95. The Balaban J connectivity index is 1.58. The van der Waals surface area contributed by atoms with Gasteiger partial charge in [-0.25, -0.2) is 19.4 Å². The molecule has 1 aromatic carbocycles. The molecule has 252 valence electrons. The van der Waals surface area contributed by atoms with E-state index in [2.05, 4.69) is 20.0 Å². The number of aliphatic hydroxyl groups is 2. The molecule has 46 heavy (non-hydrogen) atoms. The van der Waals surface area contributed by atoms with Crippen molar-refractivity contribution in [2.75, 3.05) is 32.7 Å². The van der Waals surface area contributed by atoms with Crippen LogP contribution in [0, 0.1) is 0 Å². The van der Waals surface area contributed by atoms with Gasteiger partial charge in [-0.2, -0.15) is 9.97 Å². The van der Waals surface area contributed by atoms with E-state index in [0.29, 0.717) is 5.56 Å². The highest BCUT2D eigenvalue weighted by Crippen LogP contribution is 2.47. The van der Waals surface area contributed by atoms with E-state index in [1.165, 1.54) is 24.9 Å². The third-order valence-corrected chi connectivity index (χ3v) is 8.49. The molecule has 2 aromatic heterocycles. The zero-order chi connectivity index (χ0) is 33.6. The number of rotatable bonds is 15. The van der Waals surface area contributed by atoms with Gasteiger partial charge in [0.1, 0.15) is 23.9 Å². The molecule has 6 atom stereocenters. The minimum absolute atomic E-state index is 0.0360. The number of aromatic nitrogens is 4. The minimum Gasteiger partial charge on any atom is -0.479 e. The van der Waals surface area contributed by atoms with E-state index in [4.69, 9.17) is 33.7 Å². The monoisotopic (exact) mass is 666 g/mol. The molecular formula is C28H39N6O11P. The zero-order valence-corrected chi connectivity index (χ0v) is 27.0. The van der Waals surface area contributed by atoms with Crippen molar-refractivity contribution in [3.8, 4) is 5.88 Å². The standard InChI is InChI=1S/C28H39N6O11P/c1-6-41-25(37)18(12-17-10-8-7-9-11-17)33-46(39,43-14-20(35)44-16(2)3)42-13-19-22(36)28(4,38)26(45-19)34-15-30-21-23(34)31-27(29)32-24(21)40-5/h7-11,15-16,18-19,22,26,36,38H,6,12-14H2,1-5H3,(H,33,39)(H2,29,31,32)/t18-,19+,22+,26+,28+,46?/m0/s1. The number of aliphatic hydroxyl groups excluding tert-OH is 1. The van der Waals surface area contributed by atoms with E-state index >= 15 is 0 Å². The van der Waals surface area contributed by atoms with E-state index in [9.17, 15) is 24.4 Å². The zero-order valence-electron chi connectivity index (χ0n) is 26.1. The topological polar surface area (TPSA) is 229 Å². The second-order valence-corrected chi connectivity index (χ2v) is 12.6. The Morgan fingerprint density at radius 3 is 2.59 bits per heavy atom. The van der Waals surface area contributed by atoms with E-state index < -0.39 is 69.1 Å². The first-order valence-corrected chi connectivity index (χ1v) is 16.0. The van der Waals surface area contributed by atoms with Crippen molar-refractivity contribution in [2.24, 2.45) is 0 Å². The van der Waals surface area contributed by atoms with Crippen LogP contribution in [0.3, 0.4) is 0 Å². The lowest BCUT2D eigenvalue weighted by atomic mass is 9.96. The highest BCUT2D eigenvalue weighted by molar-refractivity contribution is 7.51. The lowest BCUT2D eigenvalue weighted by molar-refractivity contribution is -0.150. The van der Waals surface area contributed by atoms with Gasteiger partial charge < -0.3 is 34.9 Å². The Hall–Kier alpha value is -3.70. The van der Waals surface area contributed by atoms with Gasteiger partial charge >= 0.3 is 19.7 Å². The van der Waals surface area contributed by atoms with Crippen LogP contribution in [0.2, 0.25) is 0 Å². The van der Waals surface area contributed by atoms with Gasteiger partial charge in [-0.05, 0) is 39.7 Å². The first kappa shape index (κ1) is 35.2. The number of carbonyl (C=O) groups is 2. The molecule has 18 heteroatoms. The first-order valence-electron chi connectivity index (χ1n) is 14.4. The van der Waals surface area contributed by atoms with Crippen LogP contribution in [0.15, 0.2) is 36.7 Å². The number of nitrogens with one attached hydrogen (secondary N) is 1. The Labute approximate surface area is 264 Å². The quantitative estimate of drug-likeness (QED) is 0.132. The van der Waals surface area contributed by atoms with E-state index in [1.54, 1.807) is 51.1 Å². The number of carbonyl (C=O) groups excluding carboxylic acids is 2. The second kappa shape index (κ2) is 14.8. The summed E-state index contributed by atoms with van der Waals surface area (Å²) in [6, 6.07) is 7.64. The number of ether oxygens (including phenoxy) is 4. The molecule has 1 unspecified atom stereocenters. The maximum absolute atomic E-state index is 14.1. The molecule has 1 aliphatic rings. The van der Waals surface area contributed by atoms with Crippen LogP contribution >= 0.6 is 7.75 Å². The van der Waals surface area contributed by atoms with Gasteiger partial charge in [-0.15, -0.1) is 0 Å². The molecule has 0 saturated carbocycles. The van der Waals surface area contributed by atoms with E-state index in [1.807, 2.05) is 0 Å². The molecule has 1 fully saturated rings. The molecule has 1 aliphatic heterocycles. The summed E-state index contributed by atoms with van der Waals surface area (Å²) in [7, 11) is -3.16. The maximum atomic E-state index is 14.1. The van der Waals surface area contributed by atoms with Gasteiger partial charge in [0.25, 0.3) is 0 Å². The molecule has 3 heterocycles. The fourth-order valence-electron chi connectivity index (χ4n) is 4.78. The molecule has 0 amide bonds. The lowest BCUT2D eigenvalue weighted by Crippen LogP contribution is -2.44. The normalized spacial score (nSPS) is 23.3. The highest BCUT2D eigenvalue weighted by Gasteiger charge is 2.54. The van der Waals surface area contributed by atoms with Crippen molar-refractivity contribution in [3.05, 3.63) is 42.2 Å². The summed E-state index contributed by atoms with van der Waals surface area (Å²) in [5, 5.41) is 25.0. The van der Waals surface area contributed by atoms with Crippen LogP contribution in [0.5, 0.6) is 5.88 Å². The van der Waals surface area contributed by atoms with Crippen molar-refractivity contribution in [3.63, 3.8) is 0 Å². The molecule has 17 nitrogen and oxygen atoms in total. The number of fused-ring (bicyclic) bond motifs is 1. The van der Waals surface area contributed by atoms with Crippen LogP contribution < -0.4 is 15.6 Å². The summed E-state index contributed by atoms with van der Waals surface area (Å²) in [4.78, 5) is 37.6. The third-order valence-electron chi connectivity index (χ3n) is 6.90. The summed E-state index contributed by atoms with van der Waals surface area (Å²) >= 11 is 0. The minimum atomic E-state index is -4.54. The molecule has 0 bridgehead atoms. The van der Waals surface area contributed by atoms with Crippen molar-refractivity contribution >= 4 is 36.8 Å². The van der Waals surface area contributed by atoms with Gasteiger partial charge in [0.2, 0.25) is 11.8 Å². The van der Waals surface area contributed by atoms with Gasteiger partial charge in [-0.3, -0.25) is 18.4 Å². The number of imidazole rings is 1. The number of anilines is 1. The van der Waals surface area contributed by atoms with E-state index in [0.717, 1.165) is 0 Å². The van der Waals surface area contributed by atoms with Crippen molar-refractivity contribution < 1.29 is 52.4 Å². The van der Waals surface area contributed by atoms with Crippen LogP contribution in [-0.2, 0) is 43.8 Å². The molecule has 5 N–H and O–H groups in total. The van der Waals surface area contributed by atoms with Crippen LogP contribution in [0.4, 0.5) is 5.95 Å². The Bertz CT molecular complexity index is 1550. The van der Waals surface area contributed by atoms with Gasteiger partial charge in [0.15, 0.2) is 24.0 Å². The molecule has 1 saturated heterocycles. The van der Waals surface area contributed by atoms with E-state index in [-0.39, 0.29) is 36.0 Å². The predicted octanol–water partition coefficient (Wildman–Crippen LogP) is 1.28. The fourth-order valence-corrected chi connectivity index (χ4v) is 6.20.